The topological polar surface area (TPSA) is 83.8 Å². The maximum Gasteiger partial charge on any atom is 0.417 e. The minimum absolute atomic E-state index is 0.225. The molecule has 0 radical (unpaired) electrons. The van der Waals surface area contributed by atoms with Crippen molar-refractivity contribution in [2.24, 2.45) is 5.10 Å². The second-order valence-electron chi connectivity index (χ2n) is 9.04. The number of alkyl halides is 3. The van der Waals surface area contributed by atoms with Crippen molar-refractivity contribution in [1.82, 2.24) is 9.99 Å². The summed E-state index contributed by atoms with van der Waals surface area (Å²) in [6.07, 6.45) is -3.50. The molecule has 1 amide bonds. The van der Waals surface area contributed by atoms with E-state index in [1.54, 1.807) is 37.3 Å². The van der Waals surface area contributed by atoms with E-state index in [4.69, 9.17) is 34.8 Å². The molecule has 0 atom stereocenters. The fourth-order valence-electron chi connectivity index (χ4n) is 4.21. The largest absolute Gasteiger partial charge is 0.417 e. The van der Waals surface area contributed by atoms with Crippen molar-refractivity contribution in [2.45, 2.75) is 24.9 Å². The molecule has 0 fully saturated rings. The molecule has 4 rings (SSSR count). The lowest BCUT2D eigenvalue weighted by atomic mass is 10.2. The number of sulfonamides is 1. The maximum absolute atomic E-state index is 13.5. The molecule has 0 aliphatic rings. The van der Waals surface area contributed by atoms with Gasteiger partial charge in [-0.25, -0.2) is 13.8 Å². The number of benzene rings is 3. The minimum Gasteiger partial charge on any atom is -0.316 e. The number of carbonyl (C=O) groups excluding carboxylic acids is 1. The summed E-state index contributed by atoms with van der Waals surface area (Å²) in [7, 11) is -4.47. The smallest absolute Gasteiger partial charge is 0.316 e. The van der Waals surface area contributed by atoms with Crippen LogP contribution in [-0.2, 0) is 21.0 Å². The highest BCUT2D eigenvalue weighted by Crippen LogP contribution is 2.38. The van der Waals surface area contributed by atoms with Crippen molar-refractivity contribution in [2.75, 3.05) is 10.8 Å². The molecule has 0 aliphatic heterocycles. The Morgan fingerprint density at radius 2 is 1.64 bits per heavy atom. The number of aromatic nitrogens is 1. The Labute approximate surface area is 255 Å². The highest BCUT2D eigenvalue weighted by Gasteiger charge is 2.35. The molecule has 1 heterocycles. The molecule has 1 aromatic heterocycles. The molecule has 14 heteroatoms. The Bertz CT molecular complexity index is 1780. The van der Waals surface area contributed by atoms with Crippen LogP contribution in [0.3, 0.4) is 0 Å². The van der Waals surface area contributed by atoms with Gasteiger partial charge in [0, 0.05) is 22.0 Å². The van der Waals surface area contributed by atoms with Gasteiger partial charge in [-0.1, -0.05) is 53.0 Å². The van der Waals surface area contributed by atoms with Crippen LogP contribution in [0.15, 0.2) is 82.8 Å². The molecule has 0 unspecified atom stereocenters. The molecule has 0 spiro atoms. The molecular weight excluding hydrogens is 636 g/mol. The van der Waals surface area contributed by atoms with Gasteiger partial charge in [0.1, 0.15) is 6.54 Å². The van der Waals surface area contributed by atoms with Crippen molar-refractivity contribution in [3.05, 3.63) is 110 Å². The number of nitrogens with one attached hydrogen (secondary N) is 1. The zero-order chi connectivity index (χ0) is 30.8. The average Bonchev–Trinajstić information content (AvgIpc) is 3.21. The SMILES string of the molecule is Cc1cc(/C=N\NC(=O)CN(c2ccc(Cl)c(C(F)(F)F)c2)S(=O)(=O)c2ccccc2)c(C)n1-c1cc(Cl)ccc1Cl. The number of hydrogen-bond donors (Lipinski definition) is 1. The Hall–Kier alpha value is -3.51. The monoisotopic (exact) mass is 656 g/mol. The molecule has 0 aliphatic carbocycles. The van der Waals surface area contributed by atoms with Crippen LogP contribution in [0.5, 0.6) is 0 Å². The van der Waals surface area contributed by atoms with Crippen molar-refractivity contribution in [3.8, 4) is 5.69 Å². The molecular formula is C28H22Cl3F3N4O3S. The predicted octanol–water partition coefficient (Wildman–Crippen LogP) is 7.42. The van der Waals surface area contributed by atoms with Crippen molar-refractivity contribution in [3.63, 3.8) is 0 Å². The van der Waals surface area contributed by atoms with Crippen molar-refractivity contribution in [1.29, 1.82) is 0 Å². The summed E-state index contributed by atoms with van der Waals surface area (Å²) in [5.74, 6) is -0.902. The zero-order valence-corrected chi connectivity index (χ0v) is 25.0. The third-order valence-electron chi connectivity index (χ3n) is 6.17. The van der Waals surface area contributed by atoms with E-state index in [-0.39, 0.29) is 4.90 Å². The number of rotatable bonds is 8. The van der Waals surface area contributed by atoms with E-state index in [1.807, 2.05) is 11.5 Å². The number of halogens is 6. The summed E-state index contributed by atoms with van der Waals surface area (Å²) < 4.78 is 70.0. The van der Waals surface area contributed by atoms with E-state index in [0.717, 1.165) is 23.5 Å². The van der Waals surface area contributed by atoms with Crippen molar-refractivity contribution < 1.29 is 26.4 Å². The van der Waals surface area contributed by atoms with Crippen LogP contribution in [-0.4, -0.2) is 31.7 Å². The van der Waals surface area contributed by atoms with Crippen LogP contribution >= 0.6 is 34.8 Å². The molecule has 3 aromatic carbocycles. The summed E-state index contributed by atoms with van der Waals surface area (Å²) in [6, 6.07) is 16.4. The summed E-state index contributed by atoms with van der Waals surface area (Å²) in [6.45, 7) is 2.78. The molecule has 0 saturated carbocycles. The highest BCUT2D eigenvalue weighted by molar-refractivity contribution is 7.92. The first-order valence-electron chi connectivity index (χ1n) is 12.1. The normalized spacial score (nSPS) is 12.1. The van der Waals surface area contributed by atoms with Crippen LogP contribution in [0.2, 0.25) is 15.1 Å². The minimum atomic E-state index is -4.86. The first kappa shape index (κ1) is 31.4. The van der Waals surface area contributed by atoms with E-state index < -0.39 is 44.9 Å². The lowest BCUT2D eigenvalue weighted by Crippen LogP contribution is -2.39. The standard InChI is InChI=1S/C28H22Cl3F3N4O3S/c1-17-12-19(18(2)38(17)26-13-20(29)8-10-25(26)31)15-35-36-27(39)16-37(42(40,41)22-6-4-3-5-7-22)21-9-11-24(30)23(14-21)28(32,33)34/h3-15H,16H2,1-2H3,(H,36,39)/b35-15-. The van der Waals surface area contributed by atoms with E-state index in [9.17, 15) is 26.4 Å². The molecule has 0 saturated heterocycles. The Balaban J connectivity index is 1.62. The predicted molar refractivity (Wildman–Crippen MR) is 158 cm³/mol. The Morgan fingerprint density at radius 1 is 0.976 bits per heavy atom. The molecule has 42 heavy (non-hydrogen) atoms. The van der Waals surface area contributed by atoms with Gasteiger partial charge in [0.25, 0.3) is 15.9 Å². The maximum atomic E-state index is 13.5. The fraction of sp³-hybridized carbons (Fsp3) is 0.143. The van der Waals surface area contributed by atoms with Gasteiger partial charge in [-0.2, -0.15) is 18.3 Å². The molecule has 0 bridgehead atoms. The third kappa shape index (κ3) is 6.75. The van der Waals surface area contributed by atoms with Crippen LogP contribution in [0.4, 0.5) is 18.9 Å². The lowest BCUT2D eigenvalue weighted by molar-refractivity contribution is -0.137. The number of aryl methyl sites for hydroxylation is 1. The first-order chi connectivity index (χ1) is 19.7. The molecule has 220 valence electrons. The second-order valence-corrected chi connectivity index (χ2v) is 12.2. The van der Waals surface area contributed by atoms with Crippen molar-refractivity contribution >= 4 is 62.6 Å². The number of amides is 1. The first-order valence-corrected chi connectivity index (χ1v) is 14.7. The van der Waals surface area contributed by atoms with Gasteiger partial charge in [-0.05, 0) is 68.4 Å². The quantitative estimate of drug-likeness (QED) is 0.158. The van der Waals surface area contributed by atoms with Crippen LogP contribution in [0.1, 0.15) is 22.5 Å². The zero-order valence-electron chi connectivity index (χ0n) is 22.0. The number of carbonyl (C=O) groups is 1. The number of anilines is 1. The van der Waals surface area contributed by atoms with Crippen LogP contribution < -0.4 is 9.73 Å². The Morgan fingerprint density at radius 3 is 2.31 bits per heavy atom. The summed E-state index contributed by atoms with van der Waals surface area (Å²) >= 11 is 18.2. The van der Waals surface area contributed by atoms with Gasteiger partial charge in [0.2, 0.25) is 0 Å². The number of hydrogen-bond acceptors (Lipinski definition) is 4. The van der Waals surface area contributed by atoms with E-state index in [0.29, 0.717) is 31.7 Å². The van der Waals surface area contributed by atoms with Crippen LogP contribution in [0, 0.1) is 13.8 Å². The number of hydrazone groups is 1. The fourth-order valence-corrected chi connectivity index (χ4v) is 6.23. The average molecular weight is 658 g/mol. The van der Waals surface area contributed by atoms with E-state index >= 15 is 0 Å². The summed E-state index contributed by atoms with van der Waals surface area (Å²) in [5, 5.41) is 4.28. The molecule has 4 aromatic rings. The van der Waals surface area contributed by atoms with Gasteiger partial charge in [-0.15, -0.1) is 0 Å². The van der Waals surface area contributed by atoms with Gasteiger partial charge < -0.3 is 4.57 Å². The molecule has 1 N–H and O–H groups in total. The molecule has 7 nitrogen and oxygen atoms in total. The summed E-state index contributed by atoms with van der Waals surface area (Å²) in [5.41, 5.74) is 3.38. The summed E-state index contributed by atoms with van der Waals surface area (Å²) in [4.78, 5) is 12.7. The Kier molecular flexibility index (Phi) is 9.27. The third-order valence-corrected chi connectivity index (χ3v) is 8.85. The van der Waals surface area contributed by atoms with Gasteiger partial charge in [0.05, 0.1) is 38.1 Å². The second kappa shape index (κ2) is 12.4. The van der Waals surface area contributed by atoms with E-state index in [2.05, 4.69) is 10.5 Å². The van der Waals surface area contributed by atoms with Gasteiger partial charge in [0.15, 0.2) is 0 Å². The number of nitrogens with zero attached hydrogens (tertiary/aromatic N) is 3. The van der Waals surface area contributed by atoms with Gasteiger partial charge in [-0.3, -0.25) is 9.10 Å². The van der Waals surface area contributed by atoms with Crippen LogP contribution in [0.25, 0.3) is 5.69 Å². The highest BCUT2D eigenvalue weighted by atomic mass is 35.5. The van der Waals surface area contributed by atoms with Gasteiger partial charge >= 0.3 is 6.18 Å². The lowest BCUT2D eigenvalue weighted by Gasteiger charge is -2.24. The van der Waals surface area contributed by atoms with E-state index in [1.165, 1.54) is 30.5 Å².